The van der Waals surface area contributed by atoms with E-state index in [-0.39, 0.29) is 0 Å². The molecule has 1 N–H and O–H groups in total. The molecule has 0 radical (unpaired) electrons. The van der Waals surface area contributed by atoms with Gasteiger partial charge in [-0.3, -0.25) is 0 Å². The predicted octanol–water partition coefficient (Wildman–Crippen LogP) is 1.58. The standard InChI is InChI=1S/C24H17ClN2O2S.ClHO4/c1-14-7-9-19-23(11-14)30-24(26-19)27-20-13-22(16-5-3-4-6-18(16)25)29-21-10-8-15(28-2)12-17(20)21;2-1(3,4)5/h3-13H,1-2H3;(H,2,3,4,5)/b27-20+;. The van der Waals surface area contributed by atoms with Crippen molar-refractivity contribution in [3.05, 3.63) is 82.7 Å². The highest BCUT2D eigenvalue weighted by Crippen LogP contribution is 2.30. The third kappa shape index (κ3) is 6.36. The number of aryl methyl sites for hydroxylation is 1. The summed E-state index contributed by atoms with van der Waals surface area (Å²) >= 11 is 8.04. The summed E-state index contributed by atoms with van der Waals surface area (Å²) in [5.74, 6) is 1.41. The first-order valence-corrected chi connectivity index (χ1v) is 12.5. The van der Waals surface area contributed by atoms with E-state index in [2.05, 4.69) is 30.1 Å². The summed E-state index contributed by atoms with van der Waals surface area (Å²) < 4.78 is 46.7. The Labute approximate surface area is 210 Å². The number of hydrogen-bond acceptors (Lipinski definition) is 8. The fraction of sp³-hybridized carbons (Fsp3) is 0.0833. The summed E-state index contributed by atoms with van der Waals surface area (Å²) in [6.07, 6.45) is 0. The highest BCUT2D eigenvalue weighted by molar-refractivity contribution is 7.21. The van der Waals surface area contributed by atoms with Gasteiger partial charge in [0.15, 0.2) is 5.36 Å². The van der Waals surface area contributed by atoms with E-state index < -0.39 is 10.2 Å². The SMILES string of the molecule is COc1ccc2oc(-c3ccccc3Cl)c/c(=N\c3[nH+]c4ccc(C)cc4s3)c2c1.[O-][Cl+3]([O-])([O-])[O-]. The van der Waals surface area contributed by atoms with Gasteiger partial charge >= 0.3 is 5.13 Å². The van der Waals surface area contributed by atoms with Gasteiger partial charge in [0.2, 0.25) is 0 Å². The fourth-order valence-electron chi connectivity index (χ4n) is 3.38. The Bertz CT molecular complexity index is 1570. The molecule has 3 aromatic carbocycles. The molecule has 0 aliphatic rings. The average Bonchev–Trinajstić information content (AvgIpc) is 3.19. The number of nitrogens with zero attached hydrogens (tertiary/aromatic N) is 1. The number of ether oxygens (including phenoxy) is 1. The molecule has 180 valence electrons. The Hall–Kier alpha value is -3.02. The van der Waals surface area contributed by atoms with Crippen LogP contribution in [0.5, 0.6) is 5.75 Å². The van der Waals surface area contributed by atoms with E-state index in [0.717, 1.165) is 32.7 Å². The lowest BCUT2D eigenvalue weighted by atomic mass is 10.1. The molecule has 0 amide bonds. The van der Waals surface area contributed by atoms with Crippen LogP contribution < -0.4 is 33.7 Å². The Morgan fingerprint density at radius 2 is 1.74 bits per heavy atom. The Balaban J connectivity index is 0.000000527. The number of H-pyrrole nitrogens is 1. The van der Waals surface area contributed by atoms with Crippen molar-refractivity contribution in [2.75, 3.05) is 7.11 Å². The minimum atomic E-state index is -4.94. The largest absolute Gasteiger partial charge is 0.497 e. The van der Waals surface area contributed by atoms with Gasteiger partial charge in [0.05, 0.1) is 22.2 Å². The molecule has 0 spiro atoms. The Morgan fingerprint density at radius 1 is 1.00 bits per heavy atom. The first-order valence-electron chi connectivity index (χ1n) is 10.1. The van der Waals surface area contributed by atoms with E-state index in [1.807, 2.05) is 48.5 Å². The summed E-state index contributed by atoms with van der Waals surface area (Å²) in [7, 11) is -3.30. The summed E-state index contributed by atoms with van der Waals surface area (Å²) in [4.78, 5) is 8.33. The zero-order chi connectivity index (χ0) is 25.2. The maximum Gasteiger partial charge on any atom is 0.381 e. The monoisotopic (exact) mass is 532 g/mol. The molecule has 5 aromatic rings. The summed E-state index contributed by atoms with van der Waals surface area (Å²) in [6.45, 7) is 2.09. The van der Waals surface area contributed by atoms with Crippen molar-refractivity contribution in [1.29, 1.82) is 0 Å². The number of benzene rings is 3. The molecule has 5 rings (SSSR count). The van der Waals surface area contributed by atoms with Gasteiger partial charge in [-0.05, 0) is 71.3 Å². The van der Waals surface area contributed by atoms with Crippen molar-refractivity contribution >= 4 is 49.3 Å². The van der Waals surface area contributed by atoms with Crippen LogP contribution in [0.4, 0.5) is 5.13 Å². The lowest BCUT2D eigenvalue weighted by molar-refractivity contribution is -2.00. The zero-order valence-electron chi connectivity index (χ0n) is 18.4. The van der Waals surface area contributed by atoms with E-state index in [4.69, 9.17) is 44.4 Å². The van der Waals surface area contributed by atoms with Crippen LogP contribution in [0.1, 0.15) is 5.56 Å². The van der Waals surface area contributed by atoms with Gasteiger partial charge in [-0.15, -0.1) is 10.2 Å². The summed E-state index contributed by atoms with van der Waals surface area (Å²) in [5, 5.41) is 3.09. The molecule has 11 heteroatoms. The molecule has 0 atom stereocenters. The van der Waals surface area contributed by atoms with Crippen molar-refractivity contribution in [3.63, 3.8) is 0 Å². The lowest BCUT2D eigenvalue weighted by Gasteiger charge is -2.17. The second-order valence-corrected chi connectivity index (χ2v) is 9.55. The van der Waals surface area contributed by atoms with E-state index in [1.54, 1.807) is 18.4 Å². The van der Waals surface area contributed by atoms with Gasteiger partial charge in [-0.2, -0.15) is 0 Å². The number of thiazole rings is 1. The molecule has 0 saturated heterocycles. The van der Waals surface area contributed by atoms with Crippen molar-refractivity contribution in [2.45, 2.75) is 6.92 Å². The van der Waals surface area contributed by atoms with Gasteiger partial charge in [0, 0.05) is 11.6 Å². The quantitative estimate of drug-likeness (QED) is 0.345. The second kappa shape index (κ2) is 10.3. The molecule has 0 saturated carbocycles. The minimum Gasteiger partial charge on any atom is -0.497 e. The minimum absolute atomic E-state index is 0.629. The first kappa shape index (κ1) is 25.1. The van der Waals surface area contributed by atoms with E-state index >= 15 is 0 Å². The number of nitrogens with one attached hydrogen (secondary N) is 1. The van der Waals surface area contributed by atoms with Crippen molar-refractivity contribution in [3.8, 4) is 17.1 Å². The summed E-state index contributed by atoms with van der Waals surface area (Å²) in [6, 6.07) is 21.6. The smallest absolute Gasteiger partial charge is 0.381 e. The average molecular weight is 533 g/mol. The fourth-order valence-corrected chi connectivity index (χ4v) is 4.60. The molecule has 2 aromatic heterocycles. The molecule has 2 heterocycles. The molecule has 0 aliphatic carbocycles. The number of rotatable bonds is 3. The van der Waals surface area contributed by atoms with E-state index in [1.165, 1.54) is 10.3 Å². The van der Waals surface area contributed by atoms with Crippen molar-refractivity contribution in [2.24, 2.45) is 4.99 Å². The molecule has 0 fully saturated rings. The van der Waals surface area contributed by atoms with E-state index in [9.17, 15) is 0 Å². The van der Waals surface area contributed by atoms with Gasteiger partial charge in [0.25, 0.3) is 0 Å². The molecule has 0 bridgehead atoms. The highest BCUT2D eigenvalue weighted by Gasteiger charge is 2.15. The van der Waals surface area contributed by atoms with Gasteiger partial charge in [0.1, 0.15) is 22.6 Å². The van der Waals surface area contributed by atoms with Gasteiger partial charge in [-0.25, -0.2) is 23.6 Å². The van der Waals surface area contributed by atoms with Crippen LogP contribution >= 0.6 is 22.9 Å². The molecular weight excluding hydrogens is 515 g/mol. The van der Waals surface area contributed by atoms with Crippen LogP contribution in [0, 0.1) is 17.2 Å². The van der Waals surface area contributed by atoms with Gasteiger partial charge < -0.3 is 9.15 Å². The maximum absolute atomic E-state index is 8.49. The van der Waals surface area contributed by atoms with Crippen LogP contribution in [0.15, 0.2) is 76.1 Å². The topological polar surface area (TPSA) is 141 Å². The van der Waals surface area contributed by atoms with Crippen molar-refractivity contribution in [1.82, 2.24) is 0 Å². The van der Waals surface area contributed by atoms with Crippen LogP contribution in [-0.4, -0.2) is 7.11 Å². The van der Waals surface area contributed by atoms with Crippen LogP contribution in [0.2, 0.25) is 5.02 Å². The van der Waals surface area contributed by atoms with Gasteiger partial charge in [-0.1, -0.05) is 29.8 Å². The molecular formula is C24H18Cl2N2O6S. The third-order valence-corrected chi connectivity index (χ3v) is 6.17. The first-order chi connectivity index (χ1) is 16.6. The lowest BCUT2D eigenvalue weighted by Crippen LogP contribution is -2.68. The number of aromatic nitrogens is 1. The predicted molar refractivity (Wildman–Crippen MR) is 122 cm³/mol. The summed E-state index contributed by atoms with van der Waals surface area (Å²) in [5.41, 5.74) is 3.82. The second-order valence-electron chi connectivity index (χ2n) is 7.36. The molecule has 0 aliphatic heterocycles. The van der Waals surface area contributed by atoms with E-state index in [0.29, 0.717) is 16.4 Å². The van der Waals surface area contributed by atoms with Crippen LogP contribution in [-0.2, 0) is 0 Å². The zero-order valence-corrected chi connectivity index (χ0v) is 20.7. The third-order valence-electron chi connectivity index (χ3n) is 4.90. The number of halogens is 2. The van der Waals surface area contributed by atoms with Crippen LogP contribution in [0.25, 0.3) is 32.5 Å². The maximum atomic E-state index is 8.49. The van der Waals surface area contributed by atoms with Crippen molar-refractivity contribution < 1.29 is 43.0 Å². The molecule has 0 unspecified atom stereocenters. The molecule has 8 nitrogen and oxygen atoms in total. The number of hydrogen-bond donors (Lipinski definition) is 0. The number of fused-ring (bicyclic) bond motifs is 2. The normalized spacial score (nSPS) is 12.0. The highest BCUT2D eigenvalue weighted by atomic mass is 35.7. The van der Waals surface area contributed by atoms with Crippen LogP contribution in [0.3, 0.4) is 0 Å². The molecule has 35 heavy (non-hydrogen) atoms. The Kier molecular flexibility index (Phi) is 7.39. The number of aromatic amines is 1. The number of methoxy groups -OCH3 is 1. The Morgan fingerprint density at radius 3 is 2.46 bits per heavy atom.